The first-order chi connectivity index (χ1) is 13.3. The Kier molecular flexibility index (Phi) is 16.7. The maximum atomic E-state index is 5.87. The molecule has 0 aliphatic rings. The molecule has 0 rings (SSSR count). The van der Waals surface area contributed by atoms with Crippen LogP contribution in [0.2, 0.25) is 0 Å². The Morgan fingerprint density at radius 2 is 1.04 bits per heavy atom. The van der Waals surface area contributed by atoms with Crippen LogP contribution >= 0.6 is 17.2 Å². The first-order valence-electron chi connectivity index (χ1n) is 10.7. The van der Waals surface area contributed by atoms with Gasteiger partial charge < -0.3 is 23.7 Å². The second-order valence-electron chi connectivity index (χ2n) is 6.57. The fraction of sp³-hybridized carbons (Fsp3) is 1.00. The van der Waals surface area contributed by atoms with E-state index >= 15 is 0 Å². The summed E-state index contributed by atoms with van der Waals surface area (Å²) in [5.74, 6) is 0. The van der Waals surface area contributed by atoms with Gasteiger partial charge in [-0.1, -0.05) is 17.2 Å². The molecule has 0 spiro atoms. The third-order valence-corrected chi connectivity index (χ3v) is 7.10. The molecule has 8 heteroatoms. The Balaban J connectivity index is 4.69. The summed E-state index contributed by atoms with van der Waals surface area (Å²) in [6.07, 6.45) is 2.13. The summed E-state index contributed by atoms with van der Waals surface area (Å²) in [6.45, 7) is 21.6. The van der Waals surface area contributed by atoms with Crippen LogP contribution in [0.15, 0.2) is 0 Å². The summed E-state index contributed by atoms with van der Waals surface area (Å²) in [5, 5.41) is 0. The Hall–Kier alpha value is 0.620. The Bertz CT molecular complexity index is 337. The number of hydrogen-bond acceptors (Lipinski definition) is 6. The van der Waals surface area contributed by atoms with Crippen molar-refractivity contribution < 1.29 is 23.7 Å². The van der Waals surface area contributed by atoms with E-state index in [2.05, 4.69) is 11.8 Å². The van der Waals surface area contributed by atoms with E-state index in [9.17, 15) is 0 Å². The number of rotatable bonds is 19. The smallest absolute Gasteiger partial charge is 0.180 e. The highest BCUT2D eigenvalue weighted by Crippen LogP contribution is 2.35. The first-order valence-corrected chi connectivity index (χ1v) is 13.1. The predicted molar refractivity (Wildman–Crippen MR) is 122 cm³/mol. The van der Waals surface area contributed by atoms with Gasteiger partial charge in [0.1, 0.15) is 6.23 Å². The molecule has 0 heterocycles. The van der Waals surface area contributed by atoms with E-state index in [0.717, 1.165) is 25.4 Å². The van der Waals surface area contributed by atoms with Gasteiger partial charge in [-0.2, -0.15) is 0 Å². The molecule has 6 nitrogen and oxygen atoms in total. The zero-order valence-corrected chi connectivity index (χ0v) is 21.4. The normalized spacial score (nSPS) is 14.9. The molecule has 0 bridgehead atoms. The quantitative estimate of drug-likeness (QED) is 0.217. The minimum absolute atomic E-state index is 0.0930. The highest BCUT2D eigenvalue weighted by molar-refractivity contribution is 7.39. The lowest BCUT2D eigenvalue weighted by molar-refractivity contribution is -0.156. The van der Waals surface area contributed by atoms with Crippen molar-refractivity contribution in [1.82, 2.24) is 4.90 Å². The highest BCUT2D eigenvalue weighted by Gasteiger charge is 2.27. The van der Waals surface area contributed by atoms with Gasteiger partial charge in [-0.05, 0) is 67.7 Å². The molecule has 0 aromatic carbocycles. The van der Waals surface area contributed by atoms with Gasteiger partial charge in [0.15, 0.2) is 11.1 Å². The summed E-state index contributed by atoms with van der Waals surface area (Å²) in [7, 11) is 1.17. The molecule has 0 aromatic rings. The van der Waals surface area contributed by atoms with Crippen LogP contribution in [-0.2, 0) is 23.7 Å². The van der Waals surface area contributed by atoms with E-state index in [1.807, 2.05) is 48.5 Å². The first kappa shape index (κ1) is 28.6. The van der Waals surface area contributed by atoms with Crippen molar-refractivity contribution in [2.75, 3.05) is 58.4 Å². The monoisotopic (exact) mass is 441 g/mol. The predicted octanol–water partition coefficient (Wildman–Crippen LogP) is 4.52. The van der Waals surface area contributed by atoms with Gasteiger partial charge in [-0.25, -0.2) is 0 Å². The molecule has 0 N–H and O–H groups in total. The van der Waals surface area contributed by atoms with Crippen molar-refractivity contribution in [3.63, 3.8) is 0 Å². The van der Waals surface area contributed by atoms with Gasteiger partial charge in [-0.3, -0.25) is 4.90 Å². The van der Waals surface area contributed by atoms with E-state index < -0.39 is 11.1 Å². The van der Waals surface area contributed by atoms with Crippen LogP contribution in [0.4, 0.5) is 0 Å². The molecule has 0 amide bonds. The number of hydrogen-bond donors (Lipinski definition) is 0. The van der Waals surface area contributed by atoms with Crippen molar-refractivity contribution in [3.05, 3.63) is 0 Å². The number of nitrogens with zero attached hydrogens (tertiary/aromatic N) is 1. The standard InChI is InChI=1S/C20H45NO5P2/c1-9-22-18(6)21(14-16-27-19(7,23-10-2)24-11-3)15-17-28-20(8,25-12-4)26-13-5/h18,27-28H,9-17H2,1-8H3. The second-order valence-corrected chi connectivity index (χ2v) is 10.1. The fourth-order valence-corrected chi connectivity index (χ4v) is 5.76. The summed E-state index contributed by atoms with van der Waals surface area (Å²) in [5.41, 5.74) is -0.956. The largest absolute Gasteiger partial charge is 0.364 e. The van der Waals surface area contributed by atoms with Crippen LogP contribution < -0.4 is 0 Å². The summed E-state index contributed by atoms with van der Waals surface area (Å²) in [4.78, 5) is 2.40. The van der Waals surface area contributed by atoms with Crippen LogP contribution in [0, 0.1) is 0 Å². The van der Waals surface area contributed by atoms with E-state index in [-0.39, 0.29) is 6.23 Å². The molecular weight excluding hydrogens is 396 g/mol. The lowest BCUT2D eigenvalue weighted by atomic mass is 10.4. The summed E-state index contributed by atoms with van der Waals surface area (Å²) in [6, 6.07) is 0. The van der Waals surface area contributed by atoms with Crippen molar-refractivity contribution in [1.29, 1.82) is 0 Å². The van der Waals surface area contributed by atoms with Gasteiger partial charge in [0, 0.05) is 46.1 Å². The number of ether oxygens (including phenoxy) is 5. The molecule has 170 valence electrons. The van der Waals surface area contributed by atoms with Gasteiger partial charge in [0.05, 0.1) is 0 Å². The molecule has 0 saturated carbocycles. The van der Waals surface area contributed by atoms with Crippen LogP contribution in [0.5, 0.6) is 0 Å². The topological polar surface area (TPSA) is 49.4 Å². The lowest BCUT2D eigenvalue weighted by Gasteiger charge is -2.34. The minimum Gasteiger partial charge on any atom is -0.364 e. The van der Waals surface area contributed by atoms with Crippen molar-refractivity contribution >= 4 is 17.2 Å². The van der Waals surface area contributed by atoms with Gasteiger partial charge >= 0.3 is 0 Å². The van der Waals surface area contributed by atoms with Crippen LogP contribution in [-0.4, -0.2) is 80.6 Å². The summed E-state index contributed by atoms with van der Waals surface area (Å²) < 4.78 is 29.3. The van der Waals surface area contributed by atoms with E-state index in [1.54, 1.807) is 0 Å². The minimum atomic E-state index is -0.478. The molecule has 28 heavy (non-hydrogen) atoms. The van der Waals surface area contributed by atoms with Crippen molar-refractivity contribution in [3.8, 4) is 0 Å². The molecular formula is C20H45NO5P2. The second kappa shape index (κ2) is 16.3. The van der Waals surface area contributed by atoms with Gasteiger partial charge in [0.2, 0.25) is 0 Å². The van der Waals surface area contributed by atoms with E-state index in [4.69, 9.17) is 23.7 Å². The molecule has 0 aliphatic carbocycles. The lowest BCUT2D eigenvalue weighted by Crippen LogP contribution is -2.40. The molecule has 0 radical (unpaired) electrons. The summed E-state index contributed by atoms with van der Waals surface area (Å²) >= 11 is 0. The third kappa shape index (κ3) is 12.3. The van der Waals surface area contributed by atoms with Crippen molar-refractivity contribution in [2.24, 2.45) is 0 Å². The van der Waals surface area contributed by atoms with E-state index in [1.165, 1.54) is 0 Å². The highest BCUT2D eigenvalue weighted by atomic mass is 31.1. The maximum Gasteiger partial charge on any atom is 0.180 e. The molecule has 3 atom stereocenters. The van der Waals surface area contributed by atoms with Crippen LogP contribution in [0.3, 0.4) is 0 Å². The van der Waals surface area contributed by atoms with Gasteiger partial charge in [0.25, 0.3) is 0 Å². The molecule has 0 fully saturated rings. The zero-order chi connectivity index (χ0) is 21.5. The van der Waals surface area contributed by atoms with Crippen molar-refractivity contribution in [2.45, 2.75) is 72.7 Å². The zero-order valence-electron chi connectivity index (χ0n) is 19.4. The Morgan fingerprint density at radius 1 is 0.679 bits per heavy atom. The molecule has 3 unspecified atom stereocenters. The average Bonchev–Trinajstić information content (AvgIpc) is 2.61. The Morgan fingerprint density at radius 3 is 1.32 bits per heavy atom. The van der Waals surface area contributed by atoms with Crippen LogP contribution in [0.1, 0.15) is 55.4 Å². The molecule has 0 saturated heterocycles. The average molecular weight is 442 g/mol. The molecule has 0 aliphatic heterocycles. The van der Waals surface area contributed by atoms with Crippen LogP contribution in [0.25, 0.3) is 0 Å². The maximum absolute atomic E-state index is 5.87. The van der Waals surface area contributed by atoms with Gasteiger partial charge in [-0.15, -0.1) is 0 Å². The molecule has 0 aromatic heterocycles. The Labute approximate surface area is 177 Å². The SMILES string of the molecule is CCOC(C)N(CCPC(C)(OCC)OCC)CCPC(C)(OCC)OCC. The van der Waals surface area contributed by atoms with E-state index in [0.29, 0.717) is 50.2 Å². The third-order valence-electron chi connectivity index (χ3n) is 4.29. The fourth-order valence-electron chi connectivity index (χ4n) is 3.06.